The van der Waals surface area contributed by atoms with Crippen LogP contribution in [0.3, 0.4) is 0 Å². The molecule has 5 nitrogen and oxygen atoms in total. The first kappa shape index (κ1) is 20.0. The van der Waals surface area contributed by atoms with Crippen LogP contribution in [0.2, 0.25) is 0 Å². The summed E-state index contributed by atoms with van der Waals surface area (Å²) in [5, 5.41) is 0. The molecular weight excluding hydrogens is 448 g/mol. The second-order valence-electron chi connectivity index (χ2n) is 6.24. The molecule has 0 saturated heterocycles. The van der Waals surface area contributed by atoms with Gasteiger partial charge in [0.1, 0.15) is 0 Å². The number of sulfone groups is 1. The number of benzene rings is 2. The minimum absolute atomic E-state index is 0.000670. The predicted molar refractivity (Wildman–Crippen MR) is 112 cm³/mol. The van der Waals surface area contributed by atoms with Gasteiger partial charge in [-0.05, 0) is 30.2 Å². The zero-order valence-electron chi connectivity index (χ0n) is 14.8. The summed E-state index contributed by atoms with van der Waals surface area (Å²) in [6, 6.07) is 15.0. The first-order chi connectivity index (χ1) is 12.8. The molecule has 0 aliphatic carbocycles. The van der Waals surface area contributed by atoms with Crippen molar-refractivity contribution < 1.29 is 13.2 Å². The van der Waals surface area contributed by atoms with Crippen LogP contribution in [0.25, 0.3) is 10.2 Å². The molecule has 0 fully saturated rings. The molecule has 1 amide bonds. The Morgan fingerprint density at radius 2 is 1.93 bits per heavy atom. The first-order valence-corrected chi connectivity index (χ1v) is 11.8. The van der Waals surface area contributed by atoms with Gasteiger partial charge in [0.05, 0.1) is 21.7 Å². The van der Waals surface area contributed by atoms with Crippen molar-refractivity contribution in [3.05, 3.63) is 63.4 Å². The van der Waals surface area contributed by atoms with Crippen molar-refractivity contribution in [3.8, 4) is 0 Å². The van der Waals surface area contributed by atoms with Crippen LogP contribution in [0.4, 0.5) is 0 Å². The van der Waals surface area contributed by atoms with Gasteiger partial charge in [-0.3, -0.25) is 4.79 Å². The number of carbonyl (C=O) groups excluding carboxylic acids is 1. The number of thiazole rings is 1. The van der Waals surface area contributed by atoms with Crippen LogP contribution in [0.15, 0.2) is 58.0 Å². The Kier molecular flexibility index (Phi) is 6.29. The molecule has 3 rings (SSSR count). The van der Waals surface area contributed by atoms with E-state index in [-0.39, 0.29) is 30.3 Å². The van der Waals surface area contributed by atoms with E-state index in [1.807, 2.05) is 48.0 Å². The number of halogens is 1. The van der Waals surface area contributed by atoms with Crippen LogP contribution in [-0.2, 0) is 27.4 Å². The van der Waals surface area contributed by atoms with Gasteiger partial charge < -0.3 is 4.57 Å². The Labute approximate surface area is 170 Å². The second kappa shape index (κ2) is 8.50. The molecule has 2 aromatic carbocycles. The molecule has 0 N–H and O–H groups in total. The van der Waals surface area contributed by atoms with Crippen molar-refractivity contribution in [2.75, 3.05) is 5.75 Å². The molecule has 0 atom stereocenters. The van der Waals surface area contributed by atoms with Crippen molar-refractivity contribution >= 4 is 53.2 Å². The maximum atomic E-state index is 12.2. The van der Waals surface area contributed by atoms with Crippen LogP contribution >= 0.6 is 27.3 Å². The predicted octanol–water partition coefficient (Wildman–Crippen LogP) is 3.82. The van der Waals surface area contributed by atoms with Crippen LogP contribution in [0.5, 0.6) is 0 Å². The fourth-order valence-electron chi connectivity index (χ4n) is 2.72. The third-order valence-electron chi connectivity index (χ3n) is 4.07. The van der Waals surface area contributed by atoms with E-state index in [2.05, 4.69) is 20.9 Å². The number of amides is 1. The zero-order valence-corrected chi connectivity index (χ0v) is 18.0. The molecule has 142 valence electrons. The van der Waals surface area contributed by atoms with E-state index in [9.17, 15) is 13.2 Å². The average Bonchev–Trinajstić information content (AvgIpc) is 2.90. The van der Waals surface area contributed by atoms with Crippen molar-refractivity contribution in [1.29, 1.82) is 0 Å². The Bertz CT molecular complexity index is 1130. The van der Waals surface area contributed by atoms with E-state index in [1.54, 1.807) is 12.1 Å². The van der Waals surface area contributed by atoms with Gasteiger partial charge >= 0.3 is 0 Å². The lowest BCUT2D eigenvalue weighted by Crippen LogP contribution is -2.14. The Balaban J connectivity index is 1.63. The van der Waals surface area contributed by atoms with E-state index in [1.165, 1.54) is 11.3 Å². The largest absolute Gasteiger partial charge is 0.319 e. The molecule has 0 bridgehead atoms. The molecule has 3 aromatic rings. The molecule has 8 heteroatoms. The van der Waals surface area contributed by atoms with Gasteiger partial charge in [-0.2, -0.15) is 4.99 Å². The van der Waals surface area contributed by atoms with E-state index in [4.69, 9.17) is 0 Å². The first-order valence-electron chi connectivity index (χ1n) is 8.41. The normalized spacial score (nSPS) is 12.6. The third-order valence-corrected chi connectivity index (χ3v) is 7.34. The fourth-order valence-corrected chi connectivity index (χ4v) is 5.74. The fraction of sp³-hybridized carbons (Fsp3) is 0.263. The van der Waals surface area contributed by atoms with E-state index in [0.717, 1.165) is 20.3 Å². The smallest absolute Gasteiger partial charge is 0.248 e. The summed E-state index contributed by atoms with van der Waals surface area (Å²) in [6.45, 7) is 0. The second-order valence-corrected chi connectivity index (χ2v) is 10.4. The number of rotatable bonds is 6. The van der Waals surface area contributed by atoms with Crippen LogP contribution in [0.1, 0.15) is 18.4 Å². The Morgan fingerprint density at radius 1 is 1.19 bits per heavy atom. The van der Waals surface area contributed by atoms with E-state index < -0.39 is 9.84 Å². The summed E-state index contributed by atoms with van der Waals surface area (Å²) >= 11 is 4.87. The van der Waals surface area contributed by atoms with Gasteiger partial charge in [-0.15, -0.1) is 0 Å². The number of nitrogens with zero attached hydrogens (tertiary/aromatic N) is 2. The number of aryl methyl sites for hydroxylation is 1. The lowest BCUT2D eigenvalue weighted by atomic mass is 10.2. The molecular formula is C19H19BrN2O3S2. The number of aromatic nitrogens is 1. The standard InChI is InChI=1S/C19H19BrN2O3S2/c1-22-16-10-9-15(20)12-17(16)26-19(22)21-18(23)8-5-11-27(24,25)13-14-6-3-2-4-7-14/h2-4,6-7,9-10,12H,5,8,11,13H2,1H3. The molecule has 0 radical (unpaired) electrons. The van der Waals surface area contributed by atoms with Gasteiger partial charge in [0.25, 0.3) is 0 Å². The molecule has 0 unspecified atom stereocenters. The van der Waals surface area contributed by atoms with Crippen LogP contribution < -0.4 is 4.80 Å². The highest BCUT2D eigenvalue weighted by Gasteiger charge is 2.13. The van der Waals surface area contributed by atoms with Crippen molar-refractivity contribution in [2.45, 2.75) is 18.6 Å². The summed E-state index contributed by atoms with van der Waals surface area (Å²) in [6.07, 6.45) is 0.392. The van der Waals surface area contributed by atoms with Gasteiger partial charge in [0, 0.05) is 17.9 Å². The summed E-state index contributed by atoms with van der Waals surface area (Å²) in [4.78, 5) is 16.9. The van der Waals surface area contributed by atoms with Gasteiger partial charge in [0.15, 0.2) is 14.6 Å². The lowest BCUT2D eigenvalue weighted by molar-refractivity contribution is -0.118. The maximum absolute atomic E-state index is 12.2. The molecule has 0 aliphatic rings. The van der Waals surface area contributed by atoms with Gasteiger partial charge in [-0.25, -0.2) is 8.42 Å². The highest BCUT2D eigenvalue weighted by atomic mass is 79.9. The monoisotopic (exact) mass is 466 g/mol. The van der Waals surface area contributed by atoms with E-state index in [0.29, 0.717) is 4.80 Å². The SMILES string of the molecule is Cn1c(=NC(=O)CCCS(=O)(=O)Cc2ccccc2)sc2cc(Br)ccc21. The quantitative estimate of drug-likeness (QED) is 0.554. The minimum atomic E-state index is -3.24. The van der Waals surface area contributed by atoms with Crippen LogP contribution in [-0.4, -0.2) is 24.6 Å². The summed E-state index contributed by atoms with van der Waals surface area (Å²) < 4.78 is 28.3. The number of fused-ring (bicyclic) bond motifs is 1. The molecule has 0 spiro atoms. The summed E-state index contributed by atoms with van der Waals surface area (Å²) in [7, 11) is -1.37. The summed E-state index contributed by atoms with van der Waals surface area (Å²) in [5.74, 6) is -0.320. The highest BCUT2D eigenvalue weighted by molar-refractivity contribution is 9.10. The van der Waals surface area contributed by atoms with E-state index >= 15 is 0 Å². The summed E-state index contributed by atoms with van der Waals surface area (Å²) in [5.41, 5.74) is 1.76. The van der Waals surface area contributed by atoms with Gasteiger partial charge in [-0.1, -0.05) is 57.6 Å². The number of hydrogen-bond donors (Lipinski definition) is 0. The minimum Gasteiger partial charge on any atom is -0.319 e. The molecule has 0 saturated carbocycles. The van der Waals surface area contributed by atoms with Crippen molar-refractivity contribution in [3.63, 3.8) is 0 Å². The lowest BCUT2D eigenvalue weighted by Gasteiger charge is -2.03. The van der Waals surface area contributed by atoms with Crippen molar-refractivity contribution in [2.24, 2.45) is 12.0 Å². The highest BCUT2D eigenvalue weighted by Crippen LogP contribution is 2.21. The maximum Gasteiger partial charge on any atom is 0.248 e. The Morgan fingerprint density at radius 3 is 2.67 bits per heavy atom. The molecule has 0 aliphatic heterocycles. The van der Waals surface area contributed by atoms with Gasteiger partial charge in [0.2, 0.25) is 5.91 Å². The number of hydrogen-bond acceptors (Lipinski definition) is 4. The average molecular weight is 467 g/mol. The zero-order chi connectivity index (χ0) is 19.4. The Hall–Kier alpha value is -1.77. The van der Waals surface area contributed by atoms with Crippen LogP contribution in [0, 0.1) is 0 Å². The topological polar surface area (TPSA) is 68.5 Å². The molecule has 1 heterocycles. The number of carbonyl (C=O) groups is 1. The third kappa shape index (κ3) is 5.37. The molecule has 27 heavy (non-hydrogen) atoms. The molecule has 1 aromatic heterocycles. The van der Waals surface area contributed by atoms with Crippen molar-refractivity contribution in [1.82, 2.24) is 4.57 Å².